The highest BCUT2D eigenvalue weighted by molar-refractivity contribution is 5.69. The Morgan fingerprint density at radius 1 is 0.478 bits per heavy atom. The predicted molar refractivity (Wildman–Crippen MR) is 189 cm³/mol. The van der Waals surface area contributed by atoms with E-state index in [4.69, 9.17) is 0 Å². The van der Waals surface area contributed by atoms with Crippen LogP contribution in [0.15, 0.2) is 14.4 Å². The van der Waals surface area contributed by atoms with Crippen molar-refractivity contribution >= 4 is 12.1 Å². The molecule has 17 nitrogen and oxygen atoms in total. The molecular formula is C34H44F18N4O13. The van der Waals surface area contributed by atoms with Gasteiger partial charge in [0.2, 0.25) is 0 Å². The van der Waals surface area contributed by atoms with E-state index < -0.39 is 112 Å². The minimum atomic E-state index is -6.52. The second-order valence-corrected chi connectivity index (χ2v) is 13.9. The fraction of sp³-hybridized carbons (Fsp3) is 0.853. The first-order valence-corrected chi connectivity index (χ1v) is 19.8. The lowest BCUT2D eigenvalue weighted by atomic mass is 10.1. The standard InChI is InChI=1S/C34H44F18N4O13/c1-2-3-15-54-24(59)55(16-11-7-4-5-9-13-22(57)62-18-27(37,38)66-29(41,42)31(45,46)68-33(49,50)64-20-35)26(61)56(25(54)60)17-12-8-6-10-14-53-23(58)63-19-28(39,40)67-30(43,44)32(47,48)69-34(51,52)65-21-36/h2-21H2,1H3,(H,53,58). The highest BCUT2D eigenvalue weighted by Crippen LogP contribution is 2.45. The number of nitrogens with one attached hydrogen (secondary N) is 1. The molecule has 0 saturated heterocycles. The van der Waals surface area contributed by atoms with E-state index in [0.29, 0.717) is 12.8 Å². The van der Waals surface area contributed by atoms with Crippen LogP contribution in [-0.4, -0.2) is 108 Å². The first-order valence-electron chi connectivity index (χ1n) is 19.8. The largest absolute Gasteiger partial charge is 0.492 e. The summed E-state index contributed by atoms with van der Waals surface area (Å²) in [5, 5.41) is 1.90. The van der Waals surface area contributed by atoms with Gasteiger partial charge in [0.05, 0.1) is 0 Å². The molecule has 1 rings (SSSR count). The van der Waals surface area contributed by atoms with Gasteiger partial charge in [0.15, 0.2) is 26.9 Å². The number of ether oxygens (including phenoxy) is 8. The fourth-order valence-corrected chi connectivity index (χ4v) is 5.17. The zero-order valence-electron chi connectivity index (χ0n) is 35.6. The van der Waals surface area contributed by atoms with Gasteiger partial charge < -0.3 is 14.8 Å². The van der Waals surface area contributed by atoms with Crippen molar-refractivity contribution in [2.75, 3.05) is 33.5 Å². The molecule has 0 spiro atoms. The number of nitrogens with zero attached hydrogens (tertiary/aromatic N) is 3. The van der Waals surface area contributed by atoms with Crippen LogP contribution in [0.2, 0.25) is 0 Å². The number of carbonyl (C=O) groups is 2. The molecule has 0 aliphatic heterocycles. The Kier molecular flexibility index (Phi) is 24.3. The normalized spacial score (nSPS) is 13.5. The van der Waals surface area contributed by atoms with Crippen molar-refractivity contribution in [1.29, 1.82) is 0 Å². The SMILES string of the molecule is CCCCn1c(=O)n(CCCCCCCC(=O)OCC(F)(F)OC(F)(F)C(F)(F)OC(F)(F)OCF)c(=O)n(CCCCCCNC(=O)OCC(F)(F)OC(F)(F)C(F)(F)OC(F)(F)OCF)c1=O. The quantitative estimate of drug-likeness (QED) is 0.0298. The van der Waals surface area contributed by atoms with Crippen LogP contribution < -0.4 is 22.4 Å². The number of hydrogen-bond acceptors (Lipinski definition) is 13. The molecule has 0 aliphatic rings. The smallest absolute Gasteiger partial charge is 0.456 e. The monoisotopic (exact) mass is 1060 g/mol. The van der Waals surface area contributed by atoms with E-state index in [1.807, 2.05) is 5.32 Å². The molecule has 0 radical (unpaired) electrons. The van der Waals surface area contributed by atoms with E-state index in [1.54, 1.807) is 6.92 Å². The summed E-state index contributed by atoms with van der Waals surface area (Å²) >= 11 is 0. The lowest BCUT2D eigenvalue weighted by Crippen LogP contribution is -2.54. The summed E-state index contributed by atoms with van der Waals surface area (Å²) in [4.78, 5) is 62.9. The van der Waals surface area contributed by atoms with Gasteiger partial charge in [-0.1, -0.05) is 45.4 Å². The Bertz CT molecular complexity index is 1810. The average Bonchev–Trinajstić information content (AvgIpc) is 3.19. The highest BCUT2D eigenvalue weighted by atomic mass is 19.4. The number of halogens is 18. The van der Waals surface area contributed by atoms with Crippen molar-refractivity contribution in [2.24, 2.45) is 0 Å². The fourth-order valence-electron chi connectivity index (χ4n) is 5.17. The van der Waals surface area contributed by atoms with Gasteiger partial charge in [-0.05, 0) is 32.1 Å². The maximum absolute atomic E-state index is 13.7. The third-order valence-corrected chi connectivity index (χ3v) is 8.41. The number of hydrogen-bond donors (Lipinski definition) is 1. The molecule has 1 aromatic heterocycles. The molecule has 0 saturated carbocycles. The van der Waals surface area contributed by atoms with Gasteiger partial charge in [-0.15, -0.1) is 17.6 Å². The van der Waals surface area contributed by atoms with Gasteiger partial charge in [0.1, 0.15) is 0 Å². The summed E-state index contributed by atoms with van der Waals surface area (Å²) in [6.07, 6.45) is -48.2. The van der Waals surface area contributed by atoms with Gasteiger partial charge in [0, 0.05) is 32.6 Å². The zero-order chi connectivity index (χ0) is 53.1. The number of esters is 1. The number of carbonyl (C=O) groups excluding carboxylic acids is 2. The van der Waals surface area contributed by atoms with Crippen LogP contribution >= 0.6 is 0 Å². The first-order chi connectivity index (χ1) is 31.6. The number of alkyl halides is 18. The van der Waals surface area contributed by atoms with E-state index in [-0.39, 0.29) is 84.0 Å². The maximum Gasteiger partial charge on any atom is 0.492 e. The summed E-state index contributed by atoms with van der Waals surface area (Å²) in [5.74, 6) is -1.45. The predicted octanol–water partition coefficient (Wildman–Crippen LogP) is 7.75. The number of rotatable bonds is 36. The Morgan fingerprint density at radius 3 is 1.23 bits per heavy atom. The Labute approximate surface area is 375 Å². The topological polar surface area (TPSA) is 186 Å². The molecule has 0 aliphatic carbocycles. The van der Waals surface area contributed by atoms with Crippen LogP contribution in [0.25, 0.3) is 0 Å². The average molecular weight is 1060 g/mol. The lowest BCUT2D eigenvalue weighted by Gasteiger charge is -2.30. The van der Waals surface area contributed by atoms with Gasteiger partial charge >= 0.3 is 78.4 Å². The van der Waals surface area contributed by atoms with Gasteiger partial charge in [0.25, 0.3) is 0 Å². The van der Waals surface area contributed by atoms with E-state index in [9.17, 15) is 103 Å². The molecule has 1 amide bonds. The number of amides is 1. The number of alkyl carbamates (subject to hydrolysis) is 1. The minimum Gasteiger partial charge on any atom is -0.456 e. The van der Waals surface area contributed by atoms with Crippen molar-refractivity contribution in [3.63, 3.8) is 0 Å². The molecule has 0 unspecified atom stereocenters. The molecule has 69 heavy (non-hydrogen) atoms. The summed E-state index contributed by atoms with van der Waals surface area (Å²) < 4.78 is 262. The molecule has 1 aromatic rings. The highest BCUT2D eigenvalue weighted by Gasteiger charge is 2.69. The Morgan fingerprint density at radius 2 is 0.826 bits per heavy atom. The third kappa shape index (κ3) is 21.7. The third-order valence-electron chi connectivity index (χ3n) is 8.41. The van der Waals surface area contributed by atoms with Crippen molar-refractivity contribution in [3.8, 4) is 0 Å². The molecule has 35 heteroatoms. The molecule has 1 N–H and O–H groups in total. The molecule has 0 fully saturated rings. The molecule has 0 bridgehead atoms. The second-order valence-electron chi connectivity index (χ2n) is 13.9. The van der Waals surface area contributed by atoms with Crippen LogP contribution in [0.1, 0.15) is 84.0 Å². The molecular weight excluding hydrogens is 1010 g/mol. The minimum absolute atomic E-state index is 0.0662. The van der Waals surface area contributed by atoms with E-state index in [2.05, 4.69) is 37.9 Å². The van der Waals surface area contributed by atoms with Gasteiger partial charge in [-0.25, -0.2) is 60.6 Å². The molecule has 404 valence electrons. The van der Waals surface area contributed by atoms with E-state index >= 15 is 0 Å². The summed E-state index contributed by atoms with van der Waals surface area (Å²) in [5.41, 5.74) is -2.84. The van der Waals surface area contributed by atoms with Crippen molar-refractivity contribution in [2.45, 2.75) is 153 Å². The van der Waals surface area contributed by atoms with E-state index in [0.717, 1.165) is 13.7 Å². The number of unbranched alkanes of at least 4 members (excludes halogenated alkanes) is 8. The number of aromatic nitrogens is 3. The van der Waals surface area contributed by atoms with Crippen LogP contribution in [0, 0.1) is 0 Å². The molecule has 1 heterocycles. The molecule has 0 atom stereocenters. The summed E-state index contributed by atoms with van der Waals surface area (Å²) in [7, 11) is 0. The summed E-state index contributed by atoms with van der Waals surface area (Å²) in [6.45, 7) is -8.90. The molecule has 0 aromatic carbocycles. The first kappa shape index (κ1) is 62.7. The van der Waals surface area contributed by atoms with Crippen LogP contribution in [0.3, 0.4) is 0 Å². The van der Waals surface area contributed by atoms with Crippen LogP contribution in [0.4, 0.5) is 83.8 Å². The van der Waals surface area contributed by atoms with Crippen LogP contribution in [-0.2, 0) is 62.3 Å². The van der Waals surface area contributed by atoms with Crippen LogP contribution in [0.5, 0.6) is 0 Å². The van der Waals surface area contributed by atoms with Gasteiger partial charge in [-0.3, -0.25) is 14.3 Å². The Balaban J connectivity index is 2.62. The van der Waals surface area contributed by atoms with Gasteiger partial charge in [-0.2, -0.15) is 52.7 Å². The maximum atomic E-state index is 13.7. The summed E-state index contributed by atoms with van der Waals surface area (Å²) in [6, 6.07) is 0. The Hall–Kier alpha value is -4.35. The lowest BCUT2D eigenvalue weighted by molar-refractivity contribution is -0.547. The second kappa shape index (κ2) is 26.7. The van der Waals surface area contributed by atoms with Crippen molar-refractivity contribution < 1.29 is 127 Å². The van der Waals surface area contributed by atoms with E-state index in [1.165, 1.54) is 0 Å². The van der Waals surface area contributed by atoms with Crippen molar-refractivity contribution in [3.05, 3.63) is 31.5 Å². The van der Waals surface area contributed by atoms with Crippen molar-refractivity contribution in [1.82, 2.24) is 19.0 Å². The zero-order valence-corrected chi connectivity index (χ0v) is 35.6.